The second-order valence-electron chi connectivity index (χ2n) is 29.0. The Balaban J connectivity index is 0.000000126. The molecule has 8 aliphatic rings. The number of ketones is 3. The lowest BCUT2D eigenvalue weighted by Gasteiger charge is -2.49. The van der Waals surface area contributed by atoms with E-state index in [9.17, 15) is 33.6 Å². The van der Waals surface area contributed by atoms with Gasteiger partial charge in [0, 0.05) is 85.2 Å². The van der Waals surface area contributed by atoms with Crippen molar-refractivity contribution in [3.63, 3.8) is 0 Å². The van der Waals surface area contributed by atoms with Gasteiger partial charge in [0.2, 0.25) is 58.7 Å². The highest BCUT2D eigenvalue weighted by Crippen LogP contribution is 2.57. The molecule has 528 valence electrons. The van der Waals surface area contributed by atoms with E-state index in [1.165, 1.54) is 22.0 Å². The highest BCUT2D eigenvalue weighted by molar-refractivity contribution is 6.16. The van der Waals surface area contributed by atoms with Gasteiger partial charge in [-0.25, -0.2) is 46.2 Å². The minimum absolute atomic E-state index is 0.0183. The van der Waals surface area contributed by atoms with Gasteiger partial charge in [0.25, 0.3) is 6.04 Å². The van der Waals surface area contributed by atoms with Crippen LogP contribution in [0, 0.1) is 36.0 Å². The van der Waals surface area contributed by atoms with Crippen molar-refractivity contribution < 1.29 is 38.1 Å². The fourth-order valence-electron chi connectivity index (χ4n) is 16.8. The van der Waals surface area contributed by atoms with Gasteiger partial charge in [0.15, 0.2) is 11.6 Å². The van der Waals surface area contributed by atoms with Crippen molar-refractivity contribution in [3.05, 3.63) is 321 Å². The topological polar surface area (TPSA) is 258 Å². The Labute approximate surface area is 613 Å². The van der Waals surface area contributed by atoms with Gasteiger partial charge in [-0.3, -0.25) is 38.7 Å². The maximum absolute atomic E-state index is 13.9. The fraction of sp³-hybridized carbons (Fsp3) is 0.274. The first-order chi connectivity index (χ1) is 50.8. The first-order valence-corrected chi connectivity index (χ1v) is 34.6. The molecule has 1 saturated carbocycles. The van der Waals surface area contributed by atoms with Gasteiger partial charge in [-0.15, -0.1) is 0 Å². The maximum Gasteiger partial charge on any atom is 0.283 e. The summed E-state index contributed by atoms with van der Waals surface area (Å²) in [5, 5.41) is 6.99. The number of benzene rings is 4. The molecule has 5 atom stereocenters. The van der Waals surface area contributed by atoms with Crippen LogP contribution in [0.2, 0.25) is 0 Å². The molecular weight excluding hydrogens is 1330 g/mol. The van der Waals surface area contributed by atoms with Gasteiger partial charge in [-0.2, -0.15) is 0 Å². The summed E-state index contributed by atoms with van der Waals surface area (Å²) in [6.07, 6.45) is 22.9. The SMILES string of the molecule is CC1(C)C2=CCNC(=O)C2(c2ccccc2)Cc2cnoc21.[C-]#[N+]C1=C[C@@]2(c3ccccc3)C(=O)N(c3ncccn3)CC=C2C(C)(C)C1=O.[C-]#[N+]C1=C[C@]2(c3ccccc3)C(=O)N(c3ncccn3)CC=C2C(C)(C)C1=O.[C-]#[N+]C1CC2(c3ccccc3)C(=O)N(c3ncccn3)CC=C2C(C)(C)C1=O. The number of nitrogens with zero attached hydrogens (tertiary/aromatic N) is 13. The summed E-state index contributed by atoms with van der Waals surface area (Å²) in [5.41, 5.74) is 0.0939. The molecule has 0 spiro atoms. The second-order valence-corrected chi connectivity index (χ2v) is 29.0. The smallest absolute Gasteiger partial charge is 0.283 e. The average Bonchev–Trinajstić information content (AvgIpc) is 0.913. The Morgan fingerprint density at radius 2 is 0.821 bits per heavy atom. The molecule has 3 unspecified atom stereocenters. The number of hydrogen-bond donors (Lipinski definition) is 1. The highest BCUT2D eigenvalue weighted by atomic mass is 16.5. The standard InChI is InChI=1S/C22H20N4O2.2C22H18N4O2.C18H18N2O2/c3*1-21(2)17-10-13-26(20-24-11-7-12-25-20)19(28)22(17,14-16(23-3)18(21)27)15-8-5-4-6-9-15;1-17(2)14-8-9-19-16(21)18(14,13-6-4-3-5-7-13)10-12-11-20-22-15(12)17/h4-12,16H,13-14H2,1-2H3;2*4-12,14H,13H2,1-2H3;3-8,11H,9-10H2,1-2H3,(H,19,21)/t;2*22-;/m.10./s1. The van der Waals surface area contributed by atoms with Gasteiger partial charge in [0.05, 0.1) is 31.2 Å². The van der Waals surface area contributed by atoms with E-state index in [1.54, 1.807) is 94.2 Å². The lowest BCUT2D eigenvalue weighted by Crippen LogP contribution is -2.61. The molecule has 22 heteroatoms. The minimum atomic E-state index is -1.24. The maximum atomic E-state index is 13.9. The summed E-state index contributed by atoms with van der Waals surface area (Å²) in [7, 11) is 0. The van der Waals surface area contributed by atoms with Crippen LogP contribution < -0.4 is 20.0 Å². The third kappa shape index (κ3) is 11.3. The van der Waals surface area contributed by atoms with Gasteiger partial charge < -0.3 is 24.3 Å². The van der Waals surface area contributed by atoms with Crippen LogP contribution in [0.5, 0.6) is 0 Å². The van der Waals surface area contributed by atoms with Crippen LogP contribution in [0.4, 0.5) is 17.8 Å². The molecule has 106 heavy (non-hydrogen) atoms. The van der Waals surface area contributed by atoms with Crippen LogP contribution in [0.25, 0.3) is 14.5 Å². The van der Waals surface area contributed by atoms with E-state index >= 15 is 0 Å². The van der Waals surface area contributed by atoms with E-state index in [4.69, 9.17) is 24.2 Å². The molecule has 8 heterocycles. The quantitative estimate of drug-likeness (QED) is 0.115. The Morgan fingerprint density at radius 1 is 0.443 bits per heavy atom. The minimum Gasteiger partial charge on any atom is -0.360 e. The van der Waals surface area contributed by atoms with Crippen molar-refractivity contribution in [1.82, 2.24) is 40.4 Å². The predicted molar refractivity (Wildman–Crippen MR) is 395 cm³/mol. The number of carbonyl (C=O) groups is 7. The number of Topliss-reactive ketones (excluding diaryl/α,β-unsaturated/α-hetero) is 3. The molecule has 0 radical (unpaired) electrons. The van der Waals surface area contributed by atoms with Crippen molar-refractivity contribution in [2.45, 2.75) is 101 Å². The number of anilines is 3. The van der Waals surface area contributed by atoms with Gasteiger partial charge in [-0.1, -0.05) is 191 Å². The highest BCUT2D eigenvalue weighted by Gasteiger charge is 2.64. The van der Waals surface area contributed by atoms with Crippen molar-refractivity contribution in [2.24, 2.45) is 16.2 Å². The molecule has 22 nitrogen and oxygen atoms in total. The van der Waals surface area contributed by atoms with Crippen LogP contribution in [0.3, 0.4) is 0 Å². The summed E-state index contributed by atoms with van der Waals surface area (Å²) in [4.78, 5) is 134. The normalized spacial score (nSPS) is 24.6. The van der Waals surface area contributed by atoms with E-state index in [1.807, 2.05) is 153 Å². The van der Waals surface area contributed by atoms with Crippen LogP contribution in [-0.4, -0.2) is 108 Å². The number of allylic oxidation sites excluding steroid dienone is 2. The van der Waals surface area contributed by atoms with Crippen LogP contribution in [-0.2, 0) is 67.1 Å². The van der Waals surface area contributed by atoms with Gasteiger partial charge >= 0.3 is 0 Å². The van der Waals surface area contributed by atoms with E-state index < -0.39 is 43.9 Å². The van der Waals surface area contributed by atoms with Crippen LogP contribution in [0.15, 0.2) is 258 Å². The molecule has 0 bridgehead atoms. The molecule has 8 aromatic rings. The number of aromatic nitrogens is 7. The van der Waals surface area contributed by atoms with Crippen LogP contribution >= 0.6 is 0 Å². The third-order valence-corrected chi connectivity index (χ3v) is 21.8. The fourth-order valence-corrected chi connectivity index (χ4v) is 16.8. The average molecular weight is 1410 g/mol. The number of fused-ring (bicyclic) bond motifs is 5. The Bertz CT molecular complexity index is 5030. The lowest BCUT2D eigenvalue weighted by molar-refractivity contribution is -0.132. The Hall–Kier alpha value is -12.9. The summed E-state index contributed by atoms with van der Waals surface area (Å²) in [5.74, 6) is 0.497. The second kappa shape index (κ2) is 27.4. The molecule has 0 saturated heterocycles. The van der Waals surface area contributed by atoms with Crippen molar-refractivity contribution in [3.8, 4) is 0 Å². The third-order valence-electron chi connectivity index (χ3n) is 21.8. The zero-order chi connectivity index (χ0) is 75.2. The summed E-state index contributed by atoms with van der Waals surface area (Å²) in [6.45, 7) is 38.9. The van der Waals surface area contributed by atoms with Gasteiger partial charge in [-0.05, 0) is 96.9 Å². The largest absolute Gasteiger partial charge is 0.360 e. The number of rotatable bonds is 7. The molecule has 4 aromatic carbocycles. The zero-order valence-corrected chi connectivity index (χ0v) is 59.7. The van der Waals surface area contributed by atoms with E-state index in [-0.39, 0.29) is 77.3 Å². The van der Waals surface area contributed by atoms with Gasteiger partial charge in [0.1, 0.15) is 27.4 Å². The molecule has 4 aliphatic carbocycles. The molecule has 4 amide bonds. The summed E-state index contributed by atoms with van der Waals surface area (Å²) >= 11 is 0. The summed E-state index contributed by atoms with van der Waals surface area (Å²) in [6, 6.07) is 42.2. The van der Waals surface area contributed by atoms with Crippen molar-refractivity contribution >= 4 is 58.8 Å². The van der Waals surface area contributed by atoms with Crippen molar-refractivity contribution in [2.75, 3.05) is 40.9 Å². The Morgan fingerprint density at radius 3 is 1.23 bits per heavy atom. The van der Waals surface area contributed by atoms with E-state index in [0.717, 1.165) is 33.6 Å². The first kappa shape index (κ1) is 71.5. The zero-order valence-electron chi connectivity index (χ0n) is 59.7. The van der Waals surface area contributed by atoms with Crippen LogP contribution in [0.1, 0.15) is 95.4 Å². The molecule has 16 rings (SSSR count). The number of nitrogens with one attached hydrogen (secondary N) is 1. The number of amides is 4. The molecule has 4 aliphatic heterocycles. The number of hydrogen-bond acceptors (Lipinski definition) is 15. The van der Waals surface area contributed by atoms with E-state index in [2.05, 4.69) is 74.8 Å². The molecular formula is C84H74N14O8. The number of carbonyl (C=O) groups excluding carboxylic acids is 7. The van der Waals surface area contributed by atoms with Crippen molar-refractivity contribution in [1.29, 1.82) is 0 Å². The first-order valence-electron chi connectivity index (χ1n) is 34.6. The molecule has 4 aromatic heterocycles. The monoisotopic (exact) mass is 1410 g/mol. The van der Waals surface area contributed by atoms with E-state index in [0.29, 0.717) is 59.6 Å². The Kier molecular flexibility index (Phi) is 18.5. The predicted octanol–water partition coefficient (Wildman–Crippen LogP) is 11.7. The molecule has 1 N–H and O–H groups in total. The molecule has 1 fully saturated rings. The summed E-state index contributed by atoms with van der Waals surface area (Å²) < 4.78 is 5.51. The lowest BCUT2D eigenvalue weighted by atomic mass is 9.54.